The first-order valence-corrected chi connectivity index (χ1v) is 22.8. The Balaban J connectivity index is 1.65. The fourth-order valence-electron chi connectivity index (χ4n) is 11.3. The second kappa shape index (κ2) is 12.7. The van der Waals surface area contributed by atoms with E-state index in [9.17, 15) is 0 Å². The summed E-state index contributed by atoms with van der Waals surface area (Å²) in [6, 6.07) is 35.3. The van der Waals surface area contributed by atoms with E-state index in [0.717, 1.165) is 90.9 Å². The smallest absolute Gasteiger partial charge is 0.0800 e. The summed E-state index contributed by atoms with van der Waals surface area (Å²) in [6.07, 6.45) is 0. The normalized spacial score (nSPS) is 14.4. The molecule has 0 heterocycles. The third kappa shape index (κ3) is 4.08. The molecule has 0 aromatic heterocycles. The van der Waals surface area contributed by atoms with Gasteiger partial charge in [-0.05, 0) is 139 Å². The highest BCUT2D eigenvalue weighted by molar-refractivity contribution is 7.89. The van der Waals surface area contributed by atoms with E-state index in [-0.39, 0.29) is 10.0 Å². The molecule has 0 radical (unpaired) electrons. The van der Waals surface area contributed by atoms with Crippen molar-refractivity contribution in [1.29, 1.82) is 0 Å². The minimum atomic E-state index is 0.203. The molecule has 0 fully saturated rings. The Morgan fingerprint density at radius 2 is 0.450 bits per heavy atom. The zero-order valence-electron chi connectivity index (χ0n) is 30.8. The van der Waals surface area contributed by atoms with Gasteiger partial charge >= 0.3 is 0 Å². The molecule has 0 bridgehead atoms. The van der Waals surface area contributed by atoms with Gasteiger partial charge in [0.15, 0.2) is 0 Å². The third-order valence-electron chi connectivity index (χ3n) is 13.3. The van der Waals surface area contributed by atoms with Crippen LogP contribution in [0.1, 0.15) is 0 Å². The van der Waals surface area contributed by atoms with Crippen molar-refractivity contribution in [3.63, 3.8) is 0 Å². The van der Waals surface area contributed by atoms with E-state index < -0.39 is 0 Å². The third-order valence-corrected chi connectivity index (χ3v) is 16.1. The van der Waals surface area contributed by atoms with Crippen LogP contribution in [0.5, 0.6) is 0 Å². The van der Waals surface area contributed by atoms with E-state index in [1.54, 1.807) is 0 Å². The second-order valence-electron chi connectivity index (χ2n) is 15.6. The number of fused-ring (bicyclic) bond motifs is 18. The average molecular weight is 919 g/mol. The summed E-state index contributed by atoms with van der Waals surface area (Å²) in [5.41, 5.74) is 0. The number of hydrogen-bond acceptors (Lipinski definition) is 4. The Morgan fingerprint density at radius 3 is 0.767 bits per heavy atom. The van der Waals surface area contributed by atoms with Gasteiger partial charge in [0.05, 0.1) is 20.1 Å². The van der Waals surface area contributed by atoms with Crippen molar-refractivity contribution in [3.8, 4) is 0 Å². The molecule has 13 aromatic rings. The number of rotatable bonds is 0. The first kappa shape index (κ1) is 36.5. The molecule has 13 rings (SSSR count). The number of benzene rings is 13. The van der Waals surface area contributed by atoms with E-state index in [1.165, 1.54) is 59.2 Å². The van der Waals surface area contributed by atoms with E-state index in [4.69, 9.17) is 96.9 Å². The molecule has 0 saturated carbocycles. The van der Waals surface area contributed by atoms with Gasteiger partial charge in [-0.15, -0.1) is 0 Å². The van der Waals surface area contributed by atoms with Crippen molar-refractivity contribution >= 4 is 248 Å². The summed E-state index contributed by atoms with van der Waals surface area (Å²) in [7, 11) is 0. The van der Waals surface area contributed by atoms with E-state index >= 15 is 0 Å². The maximum absolute atomic E-state index is 7.66. The summed E-state index contributed by atoms with van der Waals surface area (Å²) in [5.74, 6) is 0. The quantitative estimate of drug-likeness (QED) is 0.0376. The molecule has 0 spiro atoms. The van der Waals surface area contributed by atoms with E-state index in [0.29, 0.717) is 10.0 Å². The molecule has 0 nitrogen and oxygen atoms in total. The molecular weight excluding hydrogens is 895 g/mol. The fourth-order valence-corrected chi connectivity index (χ4v) is 13.5. The molecule has 0 aliphatic carbocycles. The lowest BCUT2D eigenvalue weighted by Gasteiger charge is -2.29. The predicted molar refractivity (Wildman–Crippen MR) is 282 cm³/mol. The van der Waals surface area contributed by atoms with Crippen LogP contribution in [-0.4, -0.2) is 0 Å². The van der Waals surface area contributed by atoms with Gasteiger partial charge in [0.25, 0.3) is 0 Å². The Morgan fingerprint density at radius 1 is 0.233 bits per heavy atom. The van der Waals surface area contributed by atoms with Crippen molar-refractivity contribution < 1.29 is 0 Å². The number of hydrogen-bond donors (Lipinski definition) is 4. The summed E-state index contributed by atoms with van der Waals surface area (Å²) >= 11 is 49.2. The molecule has 284 valence electrons. The first-order valence-electron chi connectivity index (χ1n) is 19.3. The highest BCUT2D eigenvalue weighted by atomic mass is 35.5. The van der Waals surface area contributed by atoms with Crippen molar-refractivity contribution in [2.45, 2.75) is 0 Å². The van der Waals surface area contributed by atoms with Gasteiger partial charge in [0.2, 0.25) is 0 Å². The molecule has 0 unspecified atom stereocenters. The molecule has 8 heteroatoms. The van der Waals surface area contributed by atoms with Crippen LogP contribution in [-0.2, 0) is 0 Å². The fraction of sp³-hybridized carbons (Fsp3) is 0. The van der Waals surface area contributed by atoms with Gasteiger partial charge in [0, 0.05) is 32.3 Å². The summed E-state index contributed by atoms with van der Waals surface area (Å²) in [6.45, 7) is 0. The second-order valence-corrected chi connectivity index (χ2v) is 18.2. The zero-order valence-corrected chi connectivity index (χ0v) is 37.4. The van der Waals surface area contributed by atoms with Gasteiger partial charge in [-0.25, -0.2) is 0 Å². The molecule has 0 atom stereocenters. The molecule has 60 heavy (non-hydrogen) atoms. The number of thiol groups is 4. The van der Waals surface area contributed by atoms with Crippen molar-refractivity contribution in [2.75, 3.05) is 0 Å². The maximum Gasteiger partial charge on any atom is 0.0800 e. The van der Waals surface area contributed by atoms with Crippen LogP contribution < -0.4 is 20.9 Å². The van der Waals surface area contributed by atoms with Gasteiger partial charge < -0.3 is 0 Å². The summed E-state index contributed by atoms with van der Waals surface area (Å²) in [4.78, 5) is 0. The Bertz CT molecular complexity index is 4430. The predicted octanol–water partition coefficient (Wildman–Crippen LogP) is 15.1. The highest BCUT2D eigenvalue weighted by Crippen LogP contribution is 2.61. The van der Waals surface area contributed by atoms with Crippen LogP contribution in [0.15, 0.2) is 97.1 Å². The lowest BCUT2D eigenvalue weighted by molar-refractivity contribution is 1.50. The molecule has 13 aromatic carbocycles. The van der Waals surface area contributed by atoms with Crippen molar-refractivity contribution in [1.82, 2.24) is 0 Å². The van der Waals surface area contributed by atoms with Crippen molar-refractivity contribution in [2.24, 2.45) is 0 Å². The highest BCUT2D eigenvalue weighted by Gasteiger charge is 2.33. The Kier molecular flexibility index (Phi) is 7.71. The van der Waals surface area contributed by atoms with Gasteiger partial charge in [-0.1, -0.05) is 143 Å². The zero-order chi connectivity index (χ0) is 40.6. The van der Waals surface area contributed by atoms with Crippen LogP contribution in [0, 0.1) is 0 Å². The maximum atomic E-state index is 7.66. The van der Waals surface area contributed by atoms with Crippen LogP contribution >= 0.6 is 96.9 Å². The molecular formula is C52H24Cl4S4. The van der Waals surface area contributed by atoms with Gasteiger partial charge in [0.1, 0.15) is 0 Å². The molecule has 0 N–H and O–H groups in total. The van der Waals surface area contributed by atoms with Crippen LogP contribution in [0.3, 0.4) is 0 Å². The van der Waals surface area contributed by atoms with Crippen molar-refractivity contribution in [3.05, 3.63) is 138 Å². The lowest BCUT2D eigenvalue weighted by Crippen LogP contribution is -2.48. The minimum absolute atomic E-state index is 0.203. The topological polar surface area (TPSA) is 0 Å². The van der Waals surface area contributed by atoms with Gasteiger partial charge in [-0.2, -0.15) is 50.5 Å². The molecule has 0 saturated heterocycles. The number of halogens is 4. The SMILES string of the molecule is SC=c1c(=CS)c(=CS)c2c(c1=CS)c1c3ccccc3c3c4ccccc4c4c5ccccc5c5c6ccccc6c6c7c(Cl)c(Cl)c(Cl)c(Cl)c7c2c2c6c5c4c3c12. The van der Waals surface area contributed by atoms with E-state index in [2.05, 4.69) is 97.1 Å². The summed E-state index contributed by atoms with van der Waals surface area (Å²) < 4.78 is 0. The largest absolute Gasteiger partial charge is 0.151 e. The molecule has 0 aliphatic heterocycles. The Labute approximate surface area is 382 Å². The first-order chi connectivity index (χ1) is 29.4. The van der Waals surface area contributed by atoms with Crippen LogP contribution in [0.2, 0.25) is 20.1 Å². The van der Waals surface area contributed by atoms with E-state index in [1.807, 2.05) is 21.6 Å². The minimum Gasteiger partial charge on any atom is -0.151 e. The molecule has 0 aliphatic rings. The van der Waals surface area contributed by atoms with Crippen LogP contribution in [0.4, 0.5) is 0 Å². The monoisotopic (exact) mass is 916 g/mol. The van der Waals surface area contributed by atoms with Gasteiger partial charge in [-0.3, -0.25) is 0 Å². The average Bonchev–Trinajstić information content (AvgIpc) is 3.29. The Hall–Kier alpha value is -4.20. The standard InChI is InChI=1S/C52H24Cl4S4/c53-49-47-37-28-16-8-6-14-26(28)35-24-12-4-2-10-22(24)33-21-9-1-3-11-23(21)34-25-13-5-7-15-27(25)36-38-31(19-59)29(17-57)30(18-58)32(20-60)39(38)45(48(47)50(54)52(56)51(49)55)46-43(36)41(34)40(33)42(35)44(37)46/h1-20,57-60H. The van der Waals surface area contributed by atoms with Crippen LogP contribution in [0.25, 0.3) is 151 Å². The molecule has 0 amide bonds. The summed E-state index contributed by atoms with van der Waals surface area (Å²) in [5, 5.41) is 38.2. The lowest BCUT2D eigenvalue weighted by atomic mass is 9.74.